The van der Waals surface area contributed by atoms with Gasteiger partial charge in [-0.15, -0.1) is 0 Å². The molecule has 0 atom stereocenters. The van der Waals surface area contributed by atoms with Crippen molar-refractivity contribution in [2.75, 3.05) is 5.32 Å². The minimum atomic E-state index is -0.233. The zero-order chi connectivity index (χ0) is 14.5. The summed E-state index contributed by atoms with van der Waals surface area (Å²) in [6, 6.07) is 12.4. The molecule has 0 saturated carbocycles. The molecule has 2 aromatic carbocycles. The van der Waals surface area contributed by atoms with E-state index in [9.17, 15) is 4.79 Å². The van der Waals surface area contributed by atoms with Gasteiger partial charge in [0.05, 0.1) is 5.69 Å². The van der Waals surface area contributed by atoms with Gasteiger partial charge in [-0.05, 0) is 57.9 Å². The van der Waals surface area contributed by atoms with Crippen LogP contribution in [-0.2, 0) is 4.79 Å². The van der Waals surface area contributed by atoms with Gasteiger partial charge in [0.25, 0.3) is 0 Å². The Morgan fingerprint density at radius 1 is 1.05 bits per heavy atom. The van der Waals surface area contributed by atoms with E-state index in [0.717, 1.165) is 10.0 Å². The summed E-state index contributed by atoms with van der Waals surface area (Å²) in [4.78, 5) is 11.8. The van der Waals surface area contributed by atoms with Gasteiger partial charge in [0.2, 0.25) is 5.91 Å². The molecule has 0 aliphatic rings. The first-order valence-corrected chi connectivity index (χ1v) is 7.29. The Hall–Kier alpha value is -1.29. The summed E-state index contributed by atoms with van der Waals surface area (Å²) in [6.07, 6.45) is 3.17. The van der Waals surface area contributed by atoms with Gasteiger partial charge in [0.1, 0.15) is 0 Å². The number of carbonyl (C=O) groups excluding carboxylic acids is 1. The number of hydrogen-bond acceptors (Lipinski definition) is 1. The molecule has 20 heavy (non-hydrogen) atoms. The lowest BCUT2D eigenvalue weighted by Gasteiger charge is -2.05. The summed E-state index contributed by atoms with van der Waals surface area (Å²) in [5.41, 5.74) is 1.53. The van der Waals surface area contributed by atoms with Gasteiger partial charge in [-0.3, -0.25) is 4.79 Å². The molecule has 2 rings (SSSR count). The Morgan fingerprint density at radius 2 is 1.70 bits per heavy atom. The highest BCUT2D eigenvalue weighted by Crippen LogP contribution is 2.25. The molecule has 0 bridgehead atoms. The van der Waals surface area contributed by atoms with Crippen molar-refractivity contribution >= 4 is 56.8 Å². The molecule has 0 fully saturated rings. The maximum atomic E-state index is 11.8. The van der Waals surface area contributed by atoms with E-state index in [0.29, 0.717) is 15.7 Å². The number of anilines is 1. The second kappa shape index (κ2) is 6.93. The standard InChI is InChI=1S/C15H10BrCl2NO/c16-13-7-6-12(18)9-14(13)19-15(20)8-3-10-1-4-11(17)5-2-10/h1-9H,(H,19,20)/b8-3+. The van der Waals surface area contributed by atoms with Crippen LogP contribution in [0.1, 0.15) is 5.56 Å². The van der Waals surface area contributed by atoms with Crippen LogP contribution < -0.4 is 5.32 Å². The Morgan fingerprint density at radius 3 is 2.40 bits per heavy atom. The first-order chi connectivity index (χ1) is 9.54. The van der Waals surface area contributed by atoms with Gasteiger partial charge < -0.3 is 5.32 Å². The maximum absolute atomic E-state index is 11.8. The van der Waals surface area contributed by atoms with Crippen molar-refractivity contribution in [3.05, 3.63) is 68.6 Å². The SMILES string of the molecule is O=C(/C=C/c1ccc(Cl)cc1)Nc1cc(Cl)ccc1Br. The normalized spacial score (nSPS) is 10.8. The number of hydrogen-bond donors (Lipinski definition) is 1. The van der Waals surface area contributed by atoms with Crippen molar-refractivity contribution in [2.45, 2.75) is 0 Å². The summed E-state index contributed by atoms with van der Waals surface area (Å²) >= 11 is 15.0. The smallest absolute Gasteiger partial charge is 0.248 e. The summed E-state index contributed by atoms with van der Waals surface area (Å²) < 4.78 is 0.773. The summed E-state index contributed by atoms with van der Waals surface area (Å²) in [6.45, 7) is 0. The molecule has 0 aliphatic heterocycles. The molecule has 5 heteroatoms. The molecule has 2 nitrogen and oxygen atoms in total. The third kappa shape index (κ3) is 4.37. The highest BCUT2D eigenvalue weighted by molar-refractivity contribution is 9.10. The molecule has 0 spiro atoms. The fourth-order valence-corrected chi connectivity index (χ4v) is 2.16. The van der Waals surface area contributed by atoms with Crippen LogP contribution in [0.15, 0.2) is 53.0 Å². The molecule has 1 amide bonds. The van der Waals surface area contributed by atoms with E-state index in [-0.39, 0.29) is 5.91 Å². The fraction of sp³-hybridized carbons (Fsp3) is 0. The van der Waals surface area contributed by atoms with Crippen molar-refractivity contribution in [2.24, 2.45) is 0 Å². The van der Waals surface area contributed by atoms with Crippen molar-refractivity contribution in [1.82, 2.24) is 0 Å². The highest BCUT2D eigenvalue weighted by atomic mass is 79.9. The van der Waals surface area contributed by atoms with Crippen molar-refractivity contribution < 1.29 is 4.79 Å². The van der Waals surface area contributed by atoms with Gasteiger partial charge in [0.15, 0.2) is 0 Å². The lowest BCUT2D eigenvalue weighted by atomic mass is 10.2. The zero-order valence-corrected chi connectivity index (χ0v) is 13.3. The van der Waals surface area contributed by atoms with E-state index >= 15 is 0 Å². The number of amides is 1. The molecule has 102 valence electrons. The van der Waals surface area contributed by atoms with Gasteiger partial charge >= 0.3 is 0 Å². The van der Waals surface area contributed by atoms with Gasteiger partial charge in [-0.1, -0.05) is 35.3 Å². The highest BCUT2D eigenvalue weighted by Gasteiger charge is 2.03. The predicted molar refractivity (Wildman–Crippen MR) is 88.3 cm³/mol. The summed E-state index contributed by atoms with van der Waals surface area (Å²) in [7, 11) is 0. The number of rotatable bonds is 3. The first kappa shape index (κ1) is 15.1. The molecule has 0 aromatic heterocycles. The maximum Gasteiger partial charge on any atom is 0.248 e. The summed E-state index contributed by atoms with van der Waals surface area (Å²) in [5, 5.41) is 3.97. The van der Waals surface area contributed by atoms with Crippen LogP contribution in [0.5, 0.6) is 0 Å². The largest absolute Gasteiger partial charge is 0.321 e. The predicted octanol–water partition coefficient (Wildman–Crippen LogP) is 5.41. The number of nitrogens with one attached hydrogen (secondary N) is 1. The second-order valence-electron chi connectivity index (χ2n) is 4.00. The minimum absolute atomic E-state index is 0.233. The van der Waals surface area contributed by atoms with Crippen LogP contribution >= 0.6 is 39.1 Å². The number of benzene rings is 2. The molecular weight excluding hydrogens is 361 g/mol. The van der Waals surface area contributed by atoms with Crippen LogP contribution in [0.25, 0.3) is 6.08 Å². The number of halogens is 3. The first-order valence-electron chi connectivity index (χ1n) is 5.74. The minimum Gasteiger partial charge on any atom is -0.321 e. The fourth-order valence-electron chi connectivity index (χ4n) is 1.51. The van der Waals surface area contributed by atoms with Gasteiger partial charge in [0, 0.05) is 20.6 Å². The average Bonchev–Trinajstić information content (AvgIpc) is 2.42. The van der Waals surface area contributed by atoms with Crippen LogP contribution in [-0.4, -0.2) is 5.91 Å². The zero-order valence-electron chi connectivity index (χ0n) is 10.2. The third-order valence-corrected chi connectivity index (χ3v) is 3.66. The Balaban J connectivity index is 2.05. The topological polar surface area (TPSA) is 29.1 Å². The van der Waals surface area contributed by atoms with Crippen molar-refractivity contribution in [1.29, 1.82) is 0 Å². The average molecular weight is 371 g/mol. The van der Waals surface area contributed by atoms with E-state index in [1.807, 2.05) is 12.1 Å². The van der Waals surface area contributed by atoms with Crippen molar-refractivity contribution in [3.63, 3.8) is 0 Å². The van der Waals surface area contributed by atoms with E-state index in [4.69, 9.17) is 23.2 Å². The Kier molecular flexibility index (Phi) is 5.24. The Labute approximate surface area is 135 Å². The van der Waals surface area contributed by atoms with Crippen LogP contribution in [0, 0.1) is 0 Å². The molecule has 0 aliphatic carbocycles. The molecule has 2 aromatic rings. The van der Waals surface area contributed by atoms with Gasteiger partial charge in [-0.25, -0.2) is 0 Å². The number of carbonyl (C=O) groups is 1. The Bertz CT molecular complexity index is 653. The van der Waals surface area contributed by atoms with Crippen LogP contribution in [0.4, 0.5) is 5.69 Å². The molecule has 0 heterocycles. The molecule has 0 radical (unpaired) electrons. The molecular formula is C15H10BrCl2NO. The van der Waals surface area contributed by atoms with Gasteiger partial charge in [-0.2, -0.15) is 0 Å². The van der Waals surface area contributed by atoms with E-state index in [1.54, 1.807) is 36.4 Å². The van der Waals surface area contributed by atoms with E-state index < -0.39 is 0 Å². The van der Waals surface area contributed by atoms with E-state index in [1.165, 1.54) is 6.08 Å². The lowest BCUT2D eigenvalue weighted by Crippen LogP contribution is -2.08. The third-order valence-electron chi connectivity index (χ3n) is 2.48. The van der Waals surface area contributed by atoms with Crippen molar-refractivity contribution in [3.8, 4) is 0 Å². The monoisotopic (exact) mass is 369 g/mol. The van der Waals surface area contributed by atoms with Crippen LogP contribution in [0.2, 0.25) is 10.0 Å². The second-order valence-corrected chi connectivity index (χ2v) is 5.73. The molecule has 0 unspecified atom stereocenters. The lowest BCUT2D eigenvalue weighted by molar-refractivity contribution is -0.111. The van der Waals surface area contributed by atoms with E-state index in [2.05, 4.69) is 21.2 Å². The quantitative estimate of drug-likeness (QED) is 0.719. The van der Waals surface area contributed by atoms with Crippen LogP contribution in [0.3, 0.4) is 0 Å². The molecule has 1 N–H and O–H groups in total. The summed E-state index contributed by atoms with van der Waals surface area (Å²) in [5.74, 6) is -0.233. The molecule has 0 saturated heterocycles.